The summed E-state index contributed by atoms with van der Waals surface area (Å²) < 4.78 is 5.59. The topological polar surface area (TPSA) is 110 Å². The number of aliphatic hydroxyl groups is 5. The molecule has 6 nitrogen and oxygen atoms in total. The molecule has 1 heterocycles. The second-order valence-corrected chi connectivity index (χ2v) is 8.08. The smallest absolute Gasteiger partial charge is 0.169 e. The third-order valence-corrected chi connectivity index (χ3v) is 6.89. The third kappa shape index (κ3) is 5.57. The van der Waals surface area contributed by atoms with Gasteiger partial charge in [-0.1, -0.05) is 30.3 Å². The average Bonchev–Trinajstić information content (AvgIpc) is 2.82. The van der Waals surface area contributed by atoms with E-state index in [1.807, 2.05) is 30.3 Å². The van der Waals surface area contributed by atoms with Gasteiger partial charge in [-0.25, -0.2) is 0 Å². The van der Waals surface area contributed by atoms with E-state index in [-0.39, 0.29) is 38.0 Å². The lowest BCUT2D eigenvalue weighted by atomic mass is 10.2. The summed E-state index contributed by atoms with van der Waals surface area (Å²) in [5.41, 5.74) is 0.945. The van der Waals surface area contributed by atoms with Crippen molar-refractivity contribution in [2.45, 2.75) is 36.3 Å². The Labute approximate surface area is 150 Å². The van der Waals surface area contributed by atoms with Crippen LogP contribution in [0.3, 0.4) is 0 Å². The highest BCUT2D eigenvalue weighted by Crippen LogP contribution is 2.25. The summed E-state index contributed by atoms with van der Waals surface area (Å²) >= 11 is 0. The summed E-state index contributed by atoms with van der Waals surface area (Å²) in [4.78, 5) is 0. The summed E-state index contributed by atoms with van der Waals surface area (Å²) in [6, 6.07) is 9.46. The van der Waals surface area contributed by atoms with E-state index in [1.165, 1.54) is 0 Å². The van der Waals surface area contributed by atoms with Crippen LogP contribution in [0.2, 0.25) is 0 Å². The Kier molecular flexibility index (Phi) is 9.54. The van der Waals surface area contributed by atoms with Gasteiger partial charge in [-0.05, 0) is 5.56 Å². The van der Waals surface area contributed by atoms with Gasteiger partial charge >= 0.3 is 0 Å². The number of rotatable bonds is 8. The maximum absolute atomic E-state index is 10.3. The lowest BCUT2D eigenvalue weighted by Crippen LogP contribution is -3.00. The van der Waals surface area contributed by atoms with Crippen molar-refractivity contribution < 1.29 is 42.7 Å². The average molecular weight is 381 g/mol. The molecule has 1 aromatic rings. The Bertz CT molecular complexity index is 465. The molecule has 2 rings (SSSR count). The van der Waals surface area contributed by atoms with E-state index < -0.39 is 40.6 Å². The molecular weight excluding hydrogens is 356 g/mol. The zero-order valence-corrected chi connectivity index (χ0v) is 14.8. The van der Waals surface area contributed by atoms with Crippen molar-refractivity contribution in [2.24, 2.45) is 0 Å². The minimum atomic E-state index is -0.964. The van der Waals surface area contributed by atoms with Crippen molar-refractivity contribution in [3.8, 4) is 0 Å². The molecule has 138 valence electrons. The monoisotopic (exact) mass is 380 g/mol. The molecular formula is C16H25ClO6S. The Morgan fingerprint density at radius 2 is 1.83 bits per heavy atom. The van der Waals surface area contributed by atoms with Crippen LogP contribution < -0.4 is 12.4 Å². The molecule has 0 amide bonds. The first-order valence-electron chi connectivity index (χ1n) is 7.64. The molecule has 0 spiro atoms. The highest BCUT2D eigenvalue weighted by Gasteiger charge is 2.50. The highest BCUT2D eigenvalue weighted by molar-refractivity contribution is 7.97. The van der Waals surface area contributed by atoms with E-state index in [9.17, 15) is 25.5 Å². The van der Waals surface area contributed by atoms with E-state index in [1.54, 1.807) is 0 Å². The Morgan fingerprint density at radius 1 is 1.17 bits per heavy atom. The summed E-state index contributed by atoms with van der Waals surface area (Å²) in [6.07, 6.45) is -3.50. The molecule has 6 atom stereocenters. The van der Waals surface area contributed by atoms with Gasteiger partial charge in [0.15, 0.2) is 5.25 Å². The van der Waals surface area contributed by atoms with Crippen molar-refractivity contribution >= 4 is 10.9 Å². The van der Waals surface area contributed by atoms with Crippen LogP contribution in [0.5, 0.6) is 0 Å². The zero-order chi connectivity index (χ0) is 16.8. The van der Waals surface area contributed by atoms with Gasteiger partial charge in [0.1, 0.15) is 35.9 Å². The lowest BCUT2D eigenvalue weighted by molar-refractivity contribution is -0.0623. The van der Waals surface area contributed by atoms with Crippen molar-refractivity contribution in [3.63, 3.8) is 0 Å². The number of aliphatic hydroxyl groups excluding tert-OH is 5. The predicted molar refractivity (Wildman–Crippen MR) is 88.1 cm³/mol. The third-order valence-electron chi connectivity index (χ3n) is 4.07. The van der Waals surface area contributed by atoms with Crippen LogP contribution in [-0.4, -0.2) is 79.9 Å². The van der Waals surface area contributed by atoms with Crippen LogP contribution in [0, 0.1) is 0 Å². The van der Waals surface area contributed by atoms with E-state index >= 15 is 0 Å². The van der Waals surface area contributed by atoms with E-state index in [0.29, 0.717) is 5.75 Å². The molecule has 0 aliphatic carbocycles. The van der Waals surface area contributed by atoms with E-state index in [2.05, 4.69) is 0 Å². The fourth-order valence-electron chi connectivity index (χ4n) is 2.68. The molecule has 1 fully saturated rings. The number of ether oxygens (including phenoxy) is 1. The van der Waals surface area contributed by atoms with Gasteiger partial charge in [-0.3, -0.25) is 0 Å². The summed E-state index contributed by atoms with van der Waals surface area (Å²) in [6.45, 7) is -0.269. The zero-order valence-electron chi connectivity index (χ0n) is 13.2. The van der Waals surface area contributed by atoms with Crippen molar-refractivity contribution in [2.75, 3.05) is 24.7 Å². The molecule has 1 aliphatic rings. The van der Waals surface area contributed by atoms with Crippen LogP contribution in [0.25, 0.3) is 0 Å². The first kappa shape index (κ1) is 21.7. The first-order valence-corrected chi connectivity index (χ1v) is 9.27. The predicted octanol–water partition coefficient (Wildman–Crippen LogP) is -4.36. The standard InChI is InChI=1S/C16H25O6S.ClH/c17-6-14(22-8-11-4-2-1-3-5-11)12(19)9-23-10-13(20)16(21)15(23)7-18;/h1-5,12-21H,6-10H2;1H/q+1;/p-1/t12?,13-,14+,15-,16+,23?;/m1./s1. The van der Waals surface area contributed by atoms with Crippen LogP contribution in [0.1, 0.15) is 5.56 Å². The molecule has 0 bridgehead atoms. The Morgan fingerprint density at radius 3 is 2.42 bits per heavy atom. The SMILES string of the molecule is OC[C@H](OCc1ccccc1)C(O)C[S+]1C[C@@H](O)[C@H](O)[C@H]1CO.[Cl-]. The first-order chi connectivity index (χ1) is 11.1. The molecule has 0 radical (unpaired) electrons. The molecule has 0 saturated carbocycles. The molecule has 24 heavy (non-hydrogen) atoms. The summed E-state index contributed by atoms with van der Waals surface area (Å²) in [5, 5.41) is 48.2. The molecule has 1 aliphatic heterocycles. The molecule has 1 aromatic carbocycles. The molecule has 1 saturated heterocycles. The maximum Gasteiger partial charge on any atom is 0.169 e. The van der Waals surface area contributed by atoms with Crippen LogP contribution in [0.4, 0.5) is 0 Å². The number of halogens is 1. The van der Waals surface area contributed by atoms with E-state index in [0.717, 1.165) is 5.56 Å². The van der Waals surface area contributed by atoms with Gasteiger partial charge in [0.2, 0.25) is 0 Å². The van der Waals surface area contributed by atoms with Crippen molar-refractivity contribution in [1.82, 2.24) is 0 Å². The Balaban J connectivity index is 0.00000288. The molecule has 5 N–H and O–H groups in total. The van der Waals surface area contributed by atoms with Crippen LogP contribution in [-0.2, 0) is 22.2 Å². The quantitative estimate of drug-likeness (QED) is 0.292. The lowest BCUT2D eigenvalue weighted by Gasteiger charge is -2.22. The van der Waals surface area contributed by atoms with Gasteiger partial charge in [0, 0.05) is 10.9 Å². The molecule has 2 unspecified atom stereocenters. The number of hydrogen-bond donors (Lipinski definition) is 5. The number of hydrogen-bond acceptors (Lipinski definition) is 6. The summed E-state index contributed by atoms with van der Waals surface area (Å²) in [5.74, 6) is 0.625. The fourth-order valence-corrected chi connectivity index (χ4v) is 5.39. The molecule has 8 heteroatoms. The summed E-state index contributed by atoms with van der Waals surface area (Å²) in [7, 11) is -0.517. The van der Waals surface area contributed by atoms with Gasteiger partial charge in [0.05, 0.1) is 19.8 Å². The van der Waals surface area contributed by atoms with Gasteiger partial charge in [-0.15, -0.1) is 0 Å². The maximum atomic E-state index is 10.3. The van der Waals surface area contributed by atoms with Gasteiger partial charge in [0.25, 0.3) is 0 Å². The Hall–Kier alpha value is -0.380. The van der Waals surface area contributed by atoms with E-state index in [4.69, 9.17) is 4.74 Å². The largest absolute Gasteiger partial charge is 1.00 e. The van der Waals surface area contributed by atoms with Crippen LogP contribution >= 0.6 is 0 Å². The normalized spacial score (nSPS) is 29.0. The minimum Gasteiger partial charge on any atom is -1.00 e. The van der Waals surface area contributed by atoms with Gasteiger partial charge in [-0.2, -0.15) is 0 Å². The minimum absolute atomic E-state index is 0. The van der Waals surface area contributed by atoms with Crippen molar-refractivity contribution in [1.29, 1.82) is 0 Å². The second kappa shape index (κ2) is 10.6. The highest BCUT2D eigenvalue weighted by atomic mass is 35.5. The van der Waals surface area contributed by atoms with Crippen LogP contribution in [0.15, 0.2) is 30.3 Å². The second-order valence-electron chi connectivity index (χ2n) is 5.73. The van der Waals surface area contributed by atoms with Gasteiger partial charge < -0.3 is 42.7 Å². The fraction of sp³-hybridized carbons (Fsp3) is 0.625. The molecule has 0 aromatic heterocycles. The van der Waals surface area contributed by atoms with Crippen molar-refractivity contribution in [3.05, 3.63) is 35.9 Å². The number of benzene rings is 1.